The van der Waals surface area contributed by atoms with Gasteiger partial charge >= 0.3 is 12.0 Å². The average molecular weight is 418 g/mol. The van der Waals surface area contributed by atoms with Gasteiger partial charge in [0.25, 0.3) is 0 Å². The minimum atomic E-state index is -1.21. The number of benzene rings is 2. The van der Waals surface area contributed by atoms with E-state index >= 15 is 0 Å². The number of anilines is 1. The third kappa shape index (κ3) is 5.09. The molecule has 3 rings (SSSR count). The predicted molar refractivity (Wildman–Crippen MR) is 105 cm³/mol. The van der Waals surface area contributed by atoms with Gasteiger partial charge in [-0.3, -0.25) is 9.48 Å². The Hall–Kier alpha value is -3.53. The molecule has 0 saturated carbocycles. The zero-order chi connectivity index (χ0) is 21.7. The summed E-state index contributed by atoms with van der Waals surface area (Å²) in [7, 11) is 0. The number of fused-ring (bicyclic) bond motifs is 1. The zero-order valence-corrected chi connectivity index (χ0v) is 16.1. The number of ether oxygens (including phenoxy) is 1. The summed E-state index contributed by atoms with van der Waals surface area (Å²) in [6.07, 6.45) is 0.385. The van der Waals surface area contributed by atoms with Gasteiger partial charge in [0.05, 0.1) is 24.4 Å². The van der Waals surface area contributed by atoms with Crippen LogP contribution in [0.25, 0.3) is 10.9 Å². The second kappa shape index (κ2) is 9.31. The molecule has 10 heteroatoms. The second-order valence-corrected chi connectivity index (χ2v) is 6.41. The van der Waals surface area contributed by atoms with Crippen LogP contribution < -0.4 is 10.6 Å². The van der Waals surface area contributed by atoms with E-state index in [4.69, 9.17) is 4.74 Å². The maximum atomic E-state index is 13.3. The summed E-state index contributed by atoms with van der Waals surface area (Å²) < 4.78 is 32.6. The Morgan fingerprint density at radius 1 is 1.20 bits per heavy atom. The van der Waals surface area contributed by atoms with Crippen molar-refractivity contribution >= 4 is 28.6 Å². The molecule has 2 aromatic carbocycles. The average Bonchev–Trinajstić information content (AvgIpc) is 3.10. The quantitative estimate of drug-likeness (QED) is 0.512. The number of aliphatic hydroxyl groups excluding tert-OH is 1. The molecule has 0 saturated heterocycles. The Morgan fingerprint density at radius 2 is 2.00 bits per heavy atom. The Morgan fingerprint density at radius 3 is 2.73 bits per heavy atom. The minimum absolute atomic E-state index is 0.0621. The van der Waals surface area contributed by atoms with Crippen LogP contribution in [-0.4, -0.2) is 40.0 Å². The fourth-order valence-corrected chi connectivity index (χ4v) is 2.81. The Bertz CT molecular complexity index is 1070. The van der Waals surface area contributed by atoms with Crippen molar-refractivity contribution in [2.75, 3.05) is 18.5 Å². The lowest BCUT2D eigenvalue weighted by Crippen LogP contribution is -2.32. The molecule has 1 atom stereocenters. The highest BCUT2D eigenvalue weighted by molar-refractivity contribution is 5.92. The molecular weight excluding hydrogens is 398 g/mol. The standard InChI is InChI=1S/C20H20F2N4O4/c1-2-30-19(28)11-26-17-8-14(5-3-13(17)9-24-26)25-20(29)23-10-18(27)12-4-6-15(21)16(22)7-12/h3-9,18,27H,2,10-11H2,1H3,(H2,23,25,29)/t18-/m1/s1. The first-order valence-corrected chi connectivity index (χ1v) is 9.16. The number of esters is 1. The van der Waals surface area contributed by atoms with Crippen molar-refractivity contribution in [1.29, 1.82) is 0 Å². The maximum Gasteiger partial charge on any atom is 0.327 e. The molecule has 30 heavy (non-hydrogen) atoms. The first kappa shape index (κ1) is 21.2. The molecular formula is C20H20F2N4O4. The number of rotatable bonds is 7. The molecule has 1 aromatic heterocycles. The van der Waals surface area contributed by atoms with Crippen molar-refractivity contribution in [2.24, 2.45) is 0 Å². The lowest BCUT2D eigenvalue weighted by molar-refractivity contribution is -0.143. The van der Waals surface area contributed by atoms with Gasteiger partial charge in [0, 0.05) is 17.6 Å². The Kier molecular flexibility index (Phi) is 6.58. The van der Waals surface area contributed by atoms with Crippen LogP contribution in [0, 0.1) is 11.6 Å². The second-order valence-electron chi connectivity index (χ2n) is 6.41. The Labute approximate surface area is 170 Å². The number of urea groups is 1. The molecule has 0 aliphatic heterocycles. The van der Waals surface area contributed by atoms with E-state index in [1.54, 1.807) is 31.3 Å². The van der Waals surface area contributed by atoms with Gasteiger partial charge in [-0.05, 0) is 42.8 Å². The van der Waals surface area contributed by atoms with Gasteiger partial charge in [-0.25, -0.2) is 13.6 Å². The lowest BCUT2D eigenvalue weighted by Gasteiger charge is -2.13. The third-order valence-corrected chi connectivity index (χ3v) is 4.27. The molecule has 3 N–H and O–H groups in total. The van der Waals surface area contributed by atoms with Crippen LogP contribution in [-0.2, 0) is 16.1 Å². The summed E-state index contributed by atoms with van der Waals surface area (Å²) in [6.45, 7) is 1.71. The van der Waals surface area contributed by atoms with E-state index < -0.39 is 29.7 Å². The van der Waals surface area contributed by atoms with Crippen LogP contribution in [0.1, 0.15) is 18.6 Å². The van der Waals surface area contributed by atoms with E-state index in [1.165, 1.54) is 10.7 Å². The molecule has 3 aromatic rings. The molecule has 0 bridgehead atoms. The smallest absolute Gasteiger partial charge is 0.327 e. The number of amides is 2. The van der Waals surface area contributed by atoms with Crippen LogP contribution in [0.3, 0.4) is 0 Å². The highest BCUT2D eigenvalue weighted by Crippen LogP contribution is 2.19. The summed E-state index contributed by atoms with van der Waals surface area (Å²) in [5, 5.41) is 20.0. The number of aromatic nitrogens is 2. The zero-order valence-electron chi connectivity index (χ0n) is 16.1. The van der Waals surface area contributed by atoms with Crippen LogP contribution in [0.5, 0.6) is 0 Å². The number of nitrogens with one attached hydrogen (secondary N) is 2. The molecule has 0 fully saturated rings. The van der Waals surface area contributed by atoms with Crippen molar-refractivity contribution in [2.45, 2.75) is 19.6 Å². The normalized spacial score (nSPS) is 11.9. The fourth-order valence-electron chi connectivity index (χ4n) is 2.81. The van der Waals surface area contributed by atoms with Gasteiger partial charge in [-0.2, -0.15) is 5.10 Å². The molecule has 0 unspecified atom stereocenters. The third-order valence-electron chi connectivity index (χ3n) is 4.27. The van der Waals surface area contributed by atoms with E-state index in [0.717, 1.165) is 17.5 Å². The van der Waals surface area contributed by atoms with Gasteiger partial charge in [-0.1, -0.05) is 6.07 Å². The van der Waals surface area contributed by atoms with Crippen molar-refractivity contribution in [3.8, 4) is 0 Å². The summed E-state index contributed by atoms with van der Waals surface area (Å²) in [5.74, 6) is -2.53. The summed E-state index contributed by atoms with van der Waals surface area (Å²) in [4.78, 5) is 23.8. The van der Waals surface area contributed by atoms with E-state index in [0.29, 0.717) is 11.2 Å². The summed E-state index contributed by atoms with van der Waals surface area (Å²) in [5.41, 5.74) is 1.20. The van der Waals surface area contributed by atoms with Crippen LogP contribution in [0.2, 0.25) is 0 Å². The van der Waals surface area contributed by atoms with Crippen molar-refractivity contribution in [1.82, 2.24) is 15.1 Å². The van der Waals surface area contributed by atoms with Crippen molar-refractivity contribution in [3.63, 3.8) is 0 Å². The van der Waals surface area contributed by atoms with Crippen molar-refractivity contribution < 1.29 is 28.2 Å². The van der Waals surface area contributed by atoms with Gasteiger partial charge in [0.1, 0.15) is 6.54 Å². The van der Waals surface area contributed by atoms with Crippen LogP contribution in [0.15, 0.2) is 42.6 Å². The molecule has 158 valence electrons. The number of nitrogens with zero attached hydrogens (tertiary/aromatic N) is 2. The van der Waals surface area contributed by atoms with Gasteiger partial charge < -0.3 is 20.5 Å². The van der Waals surface area contributed by atoms with E-state index in [2.05, 4.69) is 15.7 Å². The van der Waals surface area contributed by atoms with E-state index in [-0.39, 0.29) is 25.3 Å². The molecule has 1 heterocycles. The van der Waals surface area contributed by atoms with Crippen LogP contribution in [0.4, 0.5) is 19.3 Å². The number of hydrogen-bond acceptors (Lipinski definition) is 5. The molecule has 0 aliphatic rings. The highest BCUT2D eigenvalue weighted by atomic mass is 19.2. The number of hydrogen-bond donors (Lipinski definition) is 3. The molecule has 0 aliphatic carbocycles. The number of carbonyl (C=O) groups is 2. The van der Waals surface area contributed by atoms with E-state index in [9.17, 15) is 23.5 Å². The van der Waals surface area contributed by atoms with Crippen LogP contribution >= 0.6 is 0 Å². The minimum Gasteiger partial charge on any atom is -0.465 e. The number of carbonyl (C=O) groups excluding carboxylic acids is 2. The first-order chi connectivity index (χ1) is 14.4. The van der Waals surface area contributed by atoms with Gasteiger partial charge in [0.2, 0.25) is 0 Å². The molecule has 8 nitrogen and oxygen atoms in total. The summed E-state index contributed by atoms with van der Waals surface area (Å²) in [6, 6.07) is 7.45. The largest absolute Gasteiger partial charge is 0.465 e. The van der Waals surface area contributed by atoms with Gasteiger partial charge in [-0.15, -0.1) is 0 Å². The Balaban J connectivity index is 1.61. The van der Waals surface area contributed by atoms with Crippen molar-refractivity contribution in [3.05, 3.63) is 59.8 Å². The lowest BCUT2D eigenvalue weighted by atomic mass is 10.1. The SMILES string of the molecule is CCOC(=O)Cn1ncc2ccc(NC(=O)NC[C@@H](O)c3ccc(F)c(F)c3)cc21. The molecule has 0 spiro atoms. The predicted octanol–water partition coefficient (Wildman–Crippen LogP) is 2.73. The number of aliphatic hydroxyl groups is 1. The topological polar surface area (TPSA) is 105 Å². The monoisotopic (exact) mass is 418 g/mol. The van der Waals surface area contributed by atoms with E-state index in [1.807, 2.05) is 0 Å². The summed E-state index contributed by atoms with van der Waals surface area (Å²) >= 11 is 0. The first-order valence-electron chi connectivity index (χ1n) is 9.16. The fraction of sp³-hybridized carbons (Fsp3) is 0.250. The molecule has 2 amide bonds. The highest BCUT2D eigenvalue weighted by Gasteiger charge is 2.13. The maximum absolute atomic E-state index is 13.3. The molecule has 0 radical (unpaired) electrons. The van der Waals surface area contributed by atoms with Gasteiger partial charge in [0.15, 0.2) is 11.6 Å². The number of halogens is 2.